The van der Waals surface area contributed by atoms with E-state index in [-0.39, 0.29) is 30.2 Å². The molecular weight excluding hydrogens is 440 g/mol. The van der Waals surface area contributed by atoms with Crippen LogP contribution in [0.1, 0.15) is 53.0 Å². The van der Waals surface area contributed by atoms with E-state index in [2.05, 4.69) is 50.2 Å². The lowest BCUT2D eigenvalue weighted by Crippen LogP contribution is -2.43. The van der Waals surface area contributed by atoms with Crippen LogP contribution in [-0.4, -0.2) is 34.7 Å². The average molecular weight is 475 g/mol. The van der Waals surface area contributed by atoms with Crippen molar-refractivity contribution in [2.45, 2.75) is 52.1 Å². The minimum atomic E-state index is -0.00502. The summed E-state index contributed by atoms with van der Waals surface area (Å²) in [5.74, 6) is 0.413. The Hall–Kier alpha value is -2.92. The van der Waals surface area contributed by atoms with Crippen molar-refractivity contribution in [3.05, 3.63) is 93.7 Å². The number of carbonyl (C=O) groups excluding carboxylic acids is 2. The number of benzene rings is 2. The molecule has 178 valence electrons. The van der Waals surface area contributed by atoms with Crippen LogP contribution in [-0.2, 0) is 22.7 Å². The van der Waals surface area contributed by atoms with Crippen LogP contribution in [0.4, 0.5) is 0 Å². The summed E-state index contributed by atoms with van der Waals surface area (Å²) in [7, 11) is 0. The fourth-order valence-corrected chi connectivity index (χ4v) is 5.35. The molecule has 5 heteroatoms. The lowest BCUT2D eigenvalue weighted by molar-refractivity contribution is -0.142. The Labute approximate surface area is 207 Å². The topological polar surface area (TPSA) is 40.6 Å². The van der Waals surface area contributed by atoms with Crippen molar-refractivity contribution < 1.29 is 9.59 Å². The minimum Gasteiger partial charge on any atom is -0.333 e. The van der Waals surface area contributed by atoms with Gasteiger partial charge in [-0.2, -0.15) is 0 Å². The van der Waals surface area contributed by atoms with Gasteiger partial charge >= 0.3 is 0 Å². The van der Waals surface area contributed by atoms with Crippen LogP contribution in [0.25, 0.3) is 0 Å². The standard InChI is InChI=1S/C29H34N2O2S/c1-3-4-17-30(29(33)27-18-26(27)24-13-9-6-10-14-24)21-28(32)31(19-23-11-7-5-8-12-23)20-25-16-15-22(2)34-25/h5-16,26-27H,3-4,17-21H2,1-2H3. The Kier molecular flexibility index (Phi) is 8.17. The molecule has 1 aliphatic carbocycles. The van der Waals surface area contributed by atoms with E-state index in [9.17, 15) is 9.59 Å². The predicted molar refractivity (Wildman–Crippen MR) is 139 cm³/mol. The molecule has 0 saturated heterocycles. The van der Waals surface area contributed by atoms with E-state index in [1.165, 1.54) is 15.3 Å². The van der Waals surface area contributed by atoms with Gasteiger partial charge in [0.1, 0.15) is 0 Å². The minimum absolute atomic E-state index is 0.00502. The second-order valence-corrected chi connectivity index (χ2v) is 10.6. The number of nitrogens with zero attached hydrogens (tertiary/aromatic N) is 2. The van der Waals surface area contributed by atoms with Gasteiger partial charge < -0.3 is 9.80 Å². The largest absolute Gasteiger partial charge is 0.333 e. The van der Waals surface area contributed by atoms with Gasteiger partial charge in [0.15, 0.2) is 0 Å². The Morgan fingerprint density at radius 1 is 0.912 bits per heavy atom. The molecule has 1 heterocycles. The van der Waals surface area contributed by atoms with Crippen LogP contribution in [0.15, 0.2) is 72.8 Å². The molecule has 0 bridgehead atoms. The van der Waals surface area contributed by atoms with Gasteiger partial charge in [-0.25, -0.2) is 0 Å². The zero-order valence-electron chi connectivity index (χ0n) is 20.2. The summed E-state index contributed by atoms with van der Waals surface area (Å²) < 4.78 is 0. The van der Waals surface area contributed by atoms with E-state index in [0.29, 0.717) is 19.6 Å². The predicted octanol–water partition coefficient (Wildman–Crippen LogP) is 6.02. The summed E-state index contributed by atoms with van der Waals surface area (Å²) in [6.45, 7) is 6.10. The van der Waals surface area contributed by atoms with Crippen molar-refractivity contribution in [3.8, 4) is 0 Å². The van der Waals surface area contributed by atoms with Gasteiger partial charge in [0.05, 0.1) is 13.1 Å². The molecule has 4 rings (SSSR count). The second-order valence-electron chi connectivity index (χ2n) is 9.22. The van der Waals surface area contributed by atoms with Crippen molar-refractivity contribution >= 4 is 23.2 Å². The maximum Gasteiger partial charge on any atom is 0.242 e. The summed E-state index contributed by atoms with van der Waals surface area (Å²) >= 11 is 1.72. The molecule has 0 radical (unpaired) electrons. The fourth-order valence-electron chi connectivity index (χ4n) is 4.44. The molecule has 2 aromatic carbocycles. The van der Waals surface area contributed by atoms with E-state index in [1.54, 1.807) is 11.3 Å². The Bertz CT molecular complexity index is 1080. The number of aryl methyl sites for hydroxylation is 1. The number of rotatable bonds is 11. The van der Waals surface area contributed by atoms with Gasteiger partial charge in [0, 0.05) is 28.8 Å². The lowest BCUT2D eigenvalue weighted by Gasteiger charge is -2.28. The first kappa shape index (κ1) is 24.2. The molecule has 4 nitrogen and oxygen atoms in total. The highest BCUT2D eigenvalue weighted by Gasteiger charge is 2.45. The number of hydrogen-bond donors (Lipinski definition) is 0. The first-order valence-corrected chi connectivity index (χ1v) is 13.1. The zero-order chi connectivity index (χ0) is 23.9. The molecule has 1 saturated carbocycles. The van der Waals surface area contributed by atoms with Crippen molar-refractivity contribution in [1.29, 1.82) is 0 Å². The van der Waals surface area contributed by atoms with Crippen LogP contribution in [0, 0.1) is 12.8 Å². The SMILES string of the molecule is CCCCN(CC(=O)N(Cc1ccccc1)Cc1ccc(C)s1)C(=O)C1CC1c1ccccc1. The van der Waals surface area contributed by atoms with Gasteiger partial charge in [0.2, 0.25) is 11.8 Å². The molecular formula is C29H34N2O2S. The second kappa shape index (κ2) is 11.5. The summed E-state index contributed by atoms with van der Waals surface area (Å²) in [4.78, 5) is 33.1. The highest BCUT2D eigenvalue weighted by molar-refractivity contribution is 7.11. The molecule has 1 aliphatic rings. The van der Waals surface area contributed by atoms with E-state index in [1.807, 2.05) is 46.2 Å². The number of carbonyl (C=O) groups is 2. The molecule has 2 unspecified atom stereocenters. The van der Waals surface area contributed by atoms with Gasteiger partial charge in [-0.05, 0) is 48.9 Å². The van der Waals surface area contributed by atoms with E-state index >= 15 is 0 Å². The summed E-state index contributed by atoms with van der Waals surface area (Å²) in [5.41, 5.74) is 2.32. The van der Waals surface area contributed by atoms with Crippen molar-refractivity contribution in [2.24, 2.45) is 5.92 Å². The number of amides is 2. The molecule has 34 heavy (non-hydrogen) atoms. The quantitative estimate of drug-likeness (QED) is 0.341. The summed E-state index contributed by atoms with van der Waals surface area (Å²) in [6.07, 6.45) is 2.78. The van der Waals surface area contributed by atoms with E-state index < -0.39 is 0 Å². The zero-order valence-corrected chi connectivity index (χ0v) is 21.0. The van der Waals surface area contributed by atoms with Crippen molar-refractivity contribution in [2.75, 3.05) is 13.1 Å². The molecule has 1 aromatic heterocycles. The van der Waals surface area contributed by atoms with E-state index in [0.717, 1.165) is 24.8 Å². The number of unbranched alkanes of at least 4 members (excludes halogenated alkanes) is 1. The maximum absolute atomic E-state index is 13.6. The third kappa shape index (κ3) is 6.35. The number of hydrogen-bond acceptors (Lipinski definition) is 3. The maximum atomic E-state index is 13.6. The molecule has 2 amide bonds. The summed E-state index contributed by atoms with van der Waals surface area (Å²) in [6, 6.07) is 24.6. The molecule has 3 aromatic rings. The Morgan fingerprint density at radius 2 is 1.62 bits per heavy atom. The van der Waals surface area contributed by atoms with Gasteiger partial charge in [-0.3, -0.25) is 9.59 Å². The molecule has 0 N–H and O–H groups in total. The smallest absolute Gasteiger partial charge is 0.242 e. The monoisotopic (exact) mass is 474 g/mol. The highest BCUT2D eigenvalue weighted by atomic mass is 32.1. The van der Waals surface area contributed by atoms with Crippen LogP contribution in [0.2, 0.25) is 0 Å². The highest BCUT2D eigenvalue weighted by Crippen LogP contribution is 2.48. The Balaban J connectivity index is 1.47. The number of thiophene rings is 1. The normalized spacial score (nSPS) is 16.8. The molecule has 0 spiro atoms. The summed E-state index contributed by atoms with van der Waals surface area (Å²) in [5, 5.41) is 0. The molecule has 1 fully saturated rings. The van der Waals surface area contributed by atoms with Crippen LogP contribution >= 0.6 is 11.3 Å². The van der Waals surface area contributed by atoms with E-state index in [4.69, 9.17) is 0 Å². The van der Waals surface area contributed by atoms with Crippen molar-refractivity contribution in [3.63, 3.8) is 0 Å². The van der Waals surface area contributed by atoms with Gasteiger partial charge in [-0.15, -0.1) is 11.3 Å². The first-order chi connectivity index (χ1) is 16.5. The molecule has 2 atom stereocenters. The van der Waals surface area contributed by atoms with Crippen molar-refractivity contribution in [1.82, 2.24) is 9.80 Å². The third-order valence-electron chi connectivity index (χ3n) is 6.47. The average Bonchev–Trinajstić information content (AvgIpc) is 3.56. The van der Waals surface area contributed by atoms with Gasteiger partial charge in [-0.1, -0.05) is 74.0 Å². The van der Waals surface area contributed by atoms with Gasteiger partial charge in [0.25, 0.3) is 0 Å². The Morgan fingerprint density at radius 3 is 2.26 bits per heavy atom. The first-order valence-electron chi connectivity index (χ1n) is 12.3. The third-order valence-corrected chi connectivity index (χ3v) is 7.45. The van der Waals surface area contributed by atoms with Crippen LogP contribution in [0.5, 0.6) is 0 Å². The lowest BCUT2D eigenvalue weighted by atomic mass is 10.1. The molecule has 0 aliphatic heterocycles. The van der Waals surface area contributed by atoms with Crippen LogP contribution < -0.4 is 0 Å². The fraction of sp³-hybridized carbons (Fsp3) is 0.379. The van der Waals surface area contributed by atoms with Crippen LogP contribution in [0.3, 0.4) is 0 Å².